The predicted octanol–water partition coefficient (Wildman–Crippen LogP) is 5.75. The molecule has 0 aliphatic carbocycles. The minimum atomic E-state index is -0.606. The van der Waals surface area contributed by atoms with Crippen molar-refractivity contribution in [3.8, 4) is 17.2 Å². The normalized spacial score (nSPS) is 11.8. The maximum atomic E-state index is 12.6. The molecule has 5 nitrogen and oxygen atoms in total. The summed E-state index contributed by atoms with van der Waals surface area (Å²) in [7, 11) is 0. The van der Waals surface area contributed by atoms with E-state index < -0.39 is 11.8 Å². The highest BCUT2D eigenvalue weighted by molar-refractivity contribution is 6.31. The minimum absolute atomic E-state index is 0.305. The van der Waals surface area contributed by atoms with Crippen LogP contribution in [0.5, 0.6) is 11.5 Å². The van der Waals surface area contributed by atoms with Crippen LogP contribution >= 0.6 is 11.6 Å². The number of benzene rings is 3. The van der Waals surface area contributed by atoms with Crippen LogP contribution in [0.1, 0.15) is 28.4 Å². The molecule has 2 N–H and O–H groups in total. The van der Waals surface area contributed by atoms with Gasteiger partial charge in [-0.15, -0.1) is 0 Å². The maximum Gasteiger partial charge on any atom is 0.225 e. The third-order valence-corrected chi connectivity index (χ3v) is 5.85. The molecular weight excluding hydrogens is 422 g/mol. The Bertz CT molecular complexity index is 1240. The van der Waals surface area contributed by atoms with Crippen molar-refractivity contribution in [1.29, 1.82) is 0 Å². The highest BCUT2D eigenvalue weighted by Crippen LogP contribution is 2.36. The molecule has 0 aliphatic heterocycles. The first-order chi connectivity index (χ1) is 15.5. The molecule has 0 spiro atoms. The van der Waals surface area contributed by atoms with Gasteiger partial charge in [-0.05, 0) is 56.7 Å². The first kappa shape index (κ1) is 21.7. The minimum Gasteiger partial charge on any atom is -0.457 e. The predicted molar refractivity (Wildman–Crippen MR) is 127 cm³/mol. The summed E-state index contributed by atoms with van der Waals surface area (Å²) < 4.78 is 7.93. The number of carbonyl (C=O) groups excluding carboxylic acids is 1. The highest BCUT2D eigenvalue weighted by Gasteiger charge is 2.28. The summed E-state index contributed by atoms with van der Waals surface area (Å²) in [5.41, 5.74) is 9.99. The molecule has 6 heteroatoms. The van der Waals surface area contributed by atoms with Crippen LogP contribution in [0, 0.1) is 13.8 Å². The molecule has 1 amide bonds. The molecule has 1 atom stereocenters. The Labute approximate surface area is 192 Å². The van der Waals surface area contributed by atoms with Gasteiger partial charge in [0.1, 0.15) is 11.5 Å². The Morgan fingerprint density at radius 1 is 1.00 bits per heavy atom. The van der Waals surface area contributed by atoms with Gasteiger partial charge in [0, 0.05) is 21.8 Å². The van der Waals surface area contributed by atoms with Crippen LogP contribution in [-0.4, -0.2) is 15.7 Å². The van der Waals surface area contributed by atoms with Crippen molar-refractivity contribution in [3.63, 3.8) is 0 Å². The van der Waals surface area contributed by atoms with Gasteiger partial charge < -0.3 is 10.5 Å². The molecule has 0 aliphatic rings. The molecule has 4 aromatic rings. The van der Waals surface area contributed by atoms with E-state index in [1.54, 1.807) is 6.07 Å². The van der Waals surface area contributed by atoms with E-state index >= 15 is 0 Å². The van der Waals surface area contributed by atoms with E-state index in [9.17, 15) is 4.79 Å². The Hall–Kier alpha value is -3.57. The molecule has 0 radical (unpaired) electrons. The van der Waals surface area contributed by atoms with Gasteiger partial charge in [0.15, 0.2) is 0 Å². The van der Waals surface area contributed by atoms with Crippen LogP contribution in [0.2, 0.25) is 5.02 Å². The number of hydrogen-bond donors (Lipinski definition) is 1. The number of ether oxygens (including phenoxy) is 1. The van der Waals surface area contributed by atoms with E-state index in [-0.39, 0.29) is 0 Å². The van der Waals surface area contributed by atoms with Crippen molar-refractivity contribution in [2.45, 2.75) is 26.2 Å². The number of rotatable bonds is 7. The van der Waals surface area contributed by atoms with Crippen molar-refractivity contribution in [1.82, 2.24) is 9.78 Å². The van der Waals surface area contributed by atoms with Crippen molar-refractivity contribution in [2.75, 3.05) is 0 Å². The zero-order valence-electron chi connectivity index (χ0n) is 18.0. The van der Waals surface area contributed by atoms with Gasteiger partial charge in [-0.25, -0.2) is 4.68 Å². The first-order valence-electron chi connectivity index (χ1n) is 10.4. The number of carbonyl (C=O) groups is 1. The number of aromatic nitrogens is 2. The Balaban J connectivity index is 1.74. The zero-order chi connectivity index (χ0) is 22.7. The van der Waals surface area contributed by atoms with Crippen LogP contribution in [0.4, 0.5) is 0 Å². The first-order valence-corrected chi connectivity index (χ1v) is 10.7. The number of nitrogens with zero attached hydrogens (tertiary/aromatic N) is 2. The fourth-order valence-electron chi connectivity index (χ4n) is 3.98. The van der Waals surface area contributed by atoms with Gasteiger partial charge in [-0.1, -0.05) is 54.1 Å². The van der Waals surface area contributed by atoms with Crippen LogP contribution in [0.15, 0.2) is 78.9 Å². The van der Waals surface area contributed by atoms with Crippen molar-refractivity contribution in [2.24, 2.45) is 5.73 Å². The monoisotopic (exact) mass is 445 g/mol. The van der Waals surface area contributed by atoms with Crippen molar-refractivity contribution < 1.29 is 9.53 Å². The quantitative estimate of drug-likeness (QED) is 0.394. The second-order valence-electron chi connectivity index (χ2n) is 7.62. The van der Waals surface area contributed by atoms with E-state index in [0.29, 0.717) is 22.9 Å². The fourth-order valence-corrected chi connectivity index (χ4v) is 4.22. The molecule has 1 heterocycles. The molecule has 32 heavy (non-hydrogen) atoms. The third kappa shape index (κ3) is 4.39. The van der Waals surface area contributed by atoms with E-state index in [4.69, 9.17) is 22.1 Å². The summed E-state index contributed by atoms with van der Waals surface area (Å²) in [6, 6.07) is 24.7. The summed E-state index contributed by atoms with van der Waals surface area (Å²) in [6.45, 7) is 3.85. The van der Waals surface area contributed by atoms with Gasteiger partial charge in [-0.3, -0.25) is 4.79 Å². The number of primary amides is 1. The topological polar surface area (TPSA) is 70.1 Å². The molecular formula is C26H24ClN3O2. The van der Waals surface area contributed by atoms with Crippen LogP contribution in [0.3, 0.4) is 0 Å². The molecule has 3 aromatic carbocycles. The lowest BCUT2D eigenvalue weighted by Crippen LogP contribution is -2.24. The molecule has 0 fully saturated rings. The largest absolute Gasteiger partial charge is 0.457 e. The van der Waals surface area contributed by atoms with Gasteiger partial charge in [0.25, 0.3) is 0 Å². The molecule has 4 rings (SSSR count). The summed E-state index contributed by atoms with van der Waals surface area (Å²) in [5, 5.41) is 5.21. The van der Waals surface area contributed by atoms with Gasteiger partial charge in [0.05, 0.1) is 17.3 Å². The van der Waals surface area contributed by atoms with Gasteiger partial charge in [-0.2, -0.15) is 5.10 Å². The summed E-state index contributed by atoms with van der Waals surface area (Å²) in [5.74, 6) is 0.247. The number of hydrogen-bond acceptors (Lipinski definition) is 3. The molecule has 1 unspecified atom stereocenters. The second-order valence-corrected chi connectivity index (χ2v) is 8.03. The zero-order valence-corrected chi connectivity index (χ0v) is 18.7. The number of aryl methyl sites for hydroxylation is 1. The molecule has 0 saturated carbocycles. The van der Waals surface area contributed by atoms with Crippen molar-refractivity contribution in [3.05, 3.63) is 106 Å². The summed E-state index contributed by atoms with van der Waals surface area (Å²) in [6.07, 6.45) is 0.305. The van der Waals surface area contributed by atoms with E-state index in [1.807, 2.05) is 91.3 Å². The van der Waals surface area contributed by atoms with Crippen LogP contribution in [-0.2, 0) is 11.2 Å². The SMILES string of the molecule is Cc1nn(-c2ccccc2)c(C)c1C(Cc1c(Cl)cccc1Oc1ccccc1)C(N)=O. The smallest absolute Gasteiger partial charge is 0.225 e. The standard InChI is InChI=1S/C26H24ClN3O2/c1-17-25(18(2)30(29-17)19-10-5-3-6-11-19)22(26(28)31)16-21-23(27)14-9-15-24(21)32-20-12-7-4-8-13-20/h3-15,22H,16H2,1-2H3,(H2,28,31). The molecule has 1 aromatic heterocycles. The van der Waals surface area contributed by atoms with Gasteiger partial charge >= 0.3 is 0 Å². The van der Waals surface area contributed by atoms with Crippen LogP contribution in [0.25, 0.3) is 5.69 Å². The van der Waals surface area contributed by atoms with Gasteiger partial charge in [0.2, 0.25) is 5.91 Å². The third-order valence-electron chi connectivity index (χ3n) is 5.50. The maximum absolute atomic E-state index is 12.6. The average molecular weight is 446 g/mol. The molecule has 162 valence electrons. The highest BCUT2D eigenvalue weighted by atomic mass is 35.5. The summed E-state index contributed by atoms with van der Waals surface area (Å²) >= 11 is 6.56. The lowest BCUT2D eigenvalue weighted by atomic mass is 9.89. The van der Waals surface area contributed by atoms with Crippen LogP contribution < -0.4 is 10.5 Å². The molecule has 0 saturated heterocycles. The van der Waals surface area contributed by atoms with E-state index in [0.717, 1.165) is 28.2 Å². The van der Waals surface area contributed by atoms with E-state index in [1.165, 1.54) is 0 Å². The number of para-hydroxylation sites is 2. The number of amides is 1. The lowest BCUT2D eigenvalue weighted by molar-refractivity contribution is -0.119. The molecule has 0 bridgehead atoms. The lowest BCUT2D eigenvalue weighted by Gasteiger charge is -2.18. The Kier molecular flexibility index (Phi) is 6.28. The van der Waals surface area contributed by atoms with Crippen molar-refractivity contribution >= 4 is 17.5 Å². The Morgan fingerprint density at radius 2 is 1.66 bits per heavy atom. The van der Waals surface area contributed by atoms with E-state index in [2.05, 4.69) is 5.10 Å². The Morgan fingerprint density at radius 3 is 2.31 bits per heavy atom. The second kappa shape index (κ2) is 9.28. The number of halogens is 1. The number of nitrogens with two attached hydrogens (primary N) is 1. The average Bonchev–Trinajstić information content (AvgIpc) is 3.08. The summed E-state index contributed by atoms with van der Waals surface area (Å²) in [4.78, 5) is 12.6. The fraction of sp³-hybridized carbons (Fsp3) is 0.154.